The van der Waals surface area contributed by atoms with Crippen LogP contribution in [-0.4, -0.2) is 53.0 Å². The van der Waals surface area contributed by atoms with E-state index in [2.05, 4.69) is 10.6 Å². The van der Waals surface area contributed by atoms with Crippen molar-refractivity contribution in [2.45, 2.75) is 120 Å². The number of carbonyl (C=O) groups excluding carboxylic acids is 2. The molecule has 0 radical (unpaired) electrons. The highest BCUT2D eigenvalue weighted by atomic mass is 32.2. The molecule has 2 N–H and O–H groups in total. The van der Waals surface area contributed by atoms with Gasteiger partial charge in [0, 0.05) is 18.3 Å². The Labute approximate surface area is 186 Å². The molecule has 2 heterocycles. The number of fused-ring (bicyclic) bond motifs is 8. The monoisotopic (exact) mass is 436 g/mol. The third kappa shape index (κ3) is 5.24. The Bertz CT molecular complexity index is 589. The molecular weight excluding hydrogens is 396 g/mol. The average molecular weight is 437 g/mol. The number of hydrogen-bond acceptors (Lipinski definition) is 5. The molecular formula is C24H40N2O3S. The Kier molecular flexibility index (Phi) is 7.80. The lowest BCUT2D eigenvalue weighted by Crippen LogP contribution is -2.64. The number of amides is 1. The molecule has 6 heteroatoms. The van der Waals surface area contributed by atoms with Gasteiger partial charge in [-0.05, 0) is 51.4 Å². The summed E-state index contributed by atoms with van der Waals surface area (Å²) in [5.41, 5.74) is -1.20. The SMILES string of the molecule is O=C1CSCCNC(=O)C2(OC3CCCCCCCC3)CCC1(NC1CCC1)CC2. The number of thioether (sulfide) groups is 1. The molecule has 2 bridgehead atoms. The molecule has 0 atom stereocenters. The minimum absolute atomic E-state index is 0.0644. The first kappa shape index (κ1) is 22.6. The van der Waals surface area contributed by atoms with Crippen LogP contribution in [0.2, 0.25) is 0 Å². The molecule has 2 saturated heterocycles. The Hall–Kier alpha value is -0.590. The van der Waals surface area contributed by atoms with Crippen LogP contribution >= 0.6 is 11.8 Å². The molecule has 0 unspecified atom stereocenters. The minimum atomic E-state index is -0.751. The molecule has 3 saturated carbocycles. The summed E-state index contributed by atoms with van der Waals surface area (Å²) in [5.74, 6) is 1.74. The van der Waals surface area contributed by atoms with Gasteiger partial charge < -0.3 is 15.4 Å². The lowest BCUT2D eigenvalue weighted by Gasteiger charge is -2.48. The molecule has 0 aromatic heterocycles. The van der Waals surface area contributed by atoms with Gasteiger partial charge in [0.2, 0.25) is 0 Å². The molecule has 5 aliphatic rings. The van der Waals surface area contributed by atoms with Crippen LogP contribution in [0.4, 0.5) is 0 Å². The minimum Gasteiger partial charge on any atom is -0.362 e. The van der Waals surface area contributed by atoms with E-state index < -0.39 is 11.1 Å². The zero-order valence-corrected chi connectivity index (χ0v) is 19.3. The van der Waals surface area contributed by atoms with Crippen molar-refractivity contribution in [2.75, 3.05) is 18.1 Å². The fourth-order valence-corrected chi connectivity index (χ4v) is 6.51. The standard InChI is InChI=1S/C24H40N2O3S/c27-21-18-30-17-16-25-22(28)24(29-20-10-5-3-1-2-4-6-11-20)14-12-23(21,13-15-24)26-19-8-7-9-19/h19-20,26H,1-18H2,(H,25,28). The number of carbonyl (C=O) groups is 2. The number of nitrogens with one attached hydrogen (secondary N) is 2. The molecule has 170 valence electrons. The number of Topliss-reactive ketones (excluding diaryl/α,β-unsaturated/α-hetero) is 1. The van der Waals surface area contributed by atoms with E-state index in [9.17, 15) is 9.59 Å². The van der Waals surface area contributed by atoms with Gasteiger partial charge in [0.15, 0.2) is 5.78 Å². The van der Waals surface area contributed by atoms with Gasteiger partial charge in [0.25, 0.3) is 5.91 Å². The maximum Gasteiger partial charge on any atom is 0.252 e. The number of hydrogen-bond donors (Lipinski definition) is 2. The van der Waals surface area contributed by atoms with Crippen molar-refractivity contribution in [1.29, 1.82) is 0 Å². The predicted molar refractivity (Wildman–Crippen MR) is 122 cm³/mol. The van der Waals surface area contributed by atoms with Crippen molar-refractivity contribution in [3.05, 3.63) is 0 Å². The van der Waals surface area contributed by atoms with E-state index in [1.165, 1.54) is 57.8 Å². The highest BCUT2D eigenvalue weighted by Crippen LogP contribution is 2.42. The first-order valence-corrected chi connectivity index (χ1v) is 13.6. The van der Waals surface area contributed by atoms with Gasteiger partial charge in [0.05, 0.1) is 17.4 Å². The second kappa shape index (κ2) is 10.4. The molecule has 5 fully saturated rings. The number of ether oxygens (including phenoxy) is 1. The summed E-state index contributed by atoms with van der Waals surface area (Å²) in [6, 6.07) is 0.473. The Morgan fingerprint density at radius 2 is 1.53 bits per heavy atom. The van der Waals surface area contributed by atoms with Gasteiger partial charge in [-0.1, -0.05) is 44.9 Å². The fourth-order valence-electron chi connectivity index (χ4n) is 5.66. The van der Waals surface area contributed by atoms with Crippen molar-refractivity contribution in [2.24, 2.45) is 0 Å². The zero-order chi connectivity index (χ0) is 20.9. The predicted octanol–water partition coefficient (Wildman–Crippen LogP) is 4.13. The first-order chi connectivity index (χ1) is 14.6. The first-order valence-electron chi connectivity index (χ1n) is 12.5. The van der Waals surface area contributed by atoms with Gasteiger partial charge >= 0.3 is 0 Å². The van der Waals surface area contributed by atoms with Crippen molar-refractivity contribution < 1.29 is 14.3 Å². The van der Waals surface area contributed by atoms with E-state index in [0.717, 1.165) is 31.4 Å². The van der Waals surface area contributed by atoms with Crippen molar-refractivity contribution in [3.8, 4) is 0 Å². The smallest absolute Gasteiger partial charge is 0.252 e. The van der Waals surface area contributed by atoms with Crippen LogP contribution in [0.1, 0.15) is 96.3 Å². The maximum atomic E-state index is 13.3. The van der Waals surface area contributed by atoms with Gasteiger partial charge in [0.1, 0.15) is 5.60 Å². The largest absolute Gasteiger partial charge is 0.362 e. The maximum absolute atomic E-state index is 13.3. The second-order valence-electron chi connectivity index (χ2n) is 10.0. The fraction of sp³-hybridized carbons (Fsp3) is 0.917. The van der Waals surface area contributed by atoms with Gasteiger partial charge in [-0.2, -0.15) is 11.8 Å². The molecule has 0 aromatic rings. The summed E-state index contributed by atoms with van der Waals surface area (Å²) in [5, 5.41) is 6.91. The van der Waals surface area contributed by atoms with Crippen LogP contribution in [-0.2, 0) is 14.3 Å². The molecule has 0 aromatic carbocycles. The van der Waals surface area contributed by atoms with E-state index in [1.807, 2.05) is 0 Å². The van der Waals surface area contributed by atoms with Gasteiger partial charge in [-0.15, -0.1) is 0 Å². The molecule has 2 aliphatic heterocycles. The molecule has 5 nitrogen and oxygen atoms in total. The van der Waals surface area contributed by atoms with E-state index in [0.29, 0.717) is 37.0 Å². The lowest BCUT2D eigenvalue weighted by atomic mass is 9.70. The summed E-state index contributed by atoms with van der Waals surface area (Å²) in [6.45, 7) is 0.621. The van der Waals surface area contributed by atoms with Crippen molar-refractivity contribution in [3.63, 3.8) is 0 Å². The van der Waals surface area contributed by atoms with Crippen LogP contribution in [0.3, 0.4) is 0 Å². The molecule has 5 rings (SSSR count). The van der Waals surface area contributed by atoms with Gasteiger partial charge in [-0.3, -0.25) is 9.59 Å². The third-order valence-electron chi connectivity index (χ3n) is 7.90. The van der Waals surface area contributed by atoms with Crippen LogP contribution in [0.25, 0.3) is 0 Å². The van der Waals surface area contributed by atoms with Crippen molar-refractivity contribution in [1.82, 2.24) is 10.6 Å². The topological polar surface area (TPSA) is 67.4 Å². The van der Waals surface area contributed by atoms with Crippen molar-refractivity contribution >= 4 is 23.5 Å². The third-order valence-corrected chi connectivity index (χ3v) is 8.86. The molecule has 1 amide bonds. The van der Waals surface area contributed by atoms with Crippen LogP contribution in [0.5, 0.6) is 0 Å². The van der Waals surface area contributed by atoms with E-state index >= 15 is 0 Å². The Balaban J connectivity index is 1.51. The summed E-state index contributed by atoms with van der Waals surface area (Å²) in [7, 11) is 0. The summed E-state index contributed by atoms with van der Waals surface area (Å²) in [4.78, 5) is 26.6. The molecule has 3 aliphatic carbocycles. The average Bonchev–Trinajstić information content (AvgIpc) is 2.83. The zero-order valence-electron chi connectivity index (χ0n) is 18.5. The van der Waals surface area contributed by atoms with Crippen LogP contribution < -0.4 is 10.6 Å². The number of ketones is 1. The van der Waals surface area contributed by atoms with Crippen LogP contribution in [0, 0.1) is 0 Å². The molecule has 0 spiro atoms. The Morgan fingerprint density at radius 3 is 2.17 bits per heavy atom. The number of rotatable bonds is 4. The summed E-state index contributed by atoms with van der Waals surface area (Å²) in [6.07, 6.45) is 16.3. The molecule has 30 heavy (non-hydrogen) atoms. The van der Waals surface area contributed by atoms with Gasteiger partial charge in [-0.25, -0.2) is 0 Å². The van der Waals surface area contributed by atoms with E-state index in [-0.39, 0.29) is 12.0 Å². The summed E-state index contributed by atoms with van der Waals surface area (Å²) < 4.78 is 6.75. The Morgan fingerprint density at radius 1 is 0.867 bits per heavy atom. The lowest BCUT2D eigenvalue weighted by molar-refractivity contribution is -0.168. The van der Waals surface area contributed by atoms with E-state index in [1.54, 1.807) is 11.8 Å². The highest BCUT2D eigenvalue weighted by Gasteiger charge is 2.52. The summed E-state index contributed by atoms with van der Waals surface area (Å²) >= 11 is 1.66. The highest BCUT2D eigenvalue weighted by molar-refractivity contribution is 7.99. The van der Waals surface area contributed by atoms with E-state index in [4.69, 9.17) is 4.74 Å². The normalized spacial score (nSPS) is 35.5. The van der Waals surface area contributed by atoms with Crippen LogP contribution in [0.15, 0.2) is 0 Å². The quantitative estimate of drug-likeness (QED) is 0.693. The second-order valence-corrected chi connectivity index (χ2v) is 11.1.